The highest BCUT2D eigenvalue weighted by molar-refractivity contribution is 4.92. The molecule has 19 heavy (non-hydrogen) atoms. The Morgan fingerprint density at radius 1 is 1.00 bits per heavy atom. The quantitative estimate of drug-likeness (QED) is 0.835. The Bertz CT molecular complexity index is 290. The summed E-state index contributed by atoms with van der Waals surface area (Å²) < 4.78 is 0. The molecule has 0 spiro atoms. The van der Waals surface area contributed by atoms with Gasteiger partial charge in [-0.25, -0.2) is 0 Å². The predicted molar refractivity (Wildman–Crippen MR) is 83.5 cm³/mol. The summed E-state index contributed by atoms with van der Waals surface area (Å²) in [5.74, 6) is 1.01. The molecule has 112 valence electrons. The Morgan fingerprint density at radius 2 is 1.68 bits per heavy atom. The normalized spacial score (nSPS) is 29.5. The maximum Gasteiger partial charge on any atom is 0.0124 e. The Labute approximate surface area is 120 Å². The van der Waals surface area contributed by atoms with Gasteiger partial charge in [0.15, 0.2) is 0 Å². The molecule has 2 aliphatic rings. The van der Waals surface area contributed by atoms with Crippen molar-refractivity contribution < 1.29 is 0 Å². The summed E-state index contributed by atoms with van der Waals surface area (Å²) in [5, 5.41) is 3.68. The van der Waals surface area contributed by atoms with Gasteiger partial charge >= 0.3 is 0 Å². The molecule has 1 aliphatic carbocycles. The van der Waals surface area contributed by atoms with Gasteiger partial charge in [-0.05, 0) is 57.9 Å². The first-order valence-corrected chi connectivity index (χ1v) is 8.26. The molecule has 0 bridgehead atoms. The summed E-state index contributed by atoms with van der Waals surface area (Å²) in [7, 11) is 0. The van der Waals surface area contributed by atoms with Crippen molar-refractivity contribution in [1.82, 2.24) is 10.2 Å². The predicted octanol–water partition coefficient (Wildman–Crippen LogP) is 3.67. The molecular formula is C17H34N2. The van der Waals surface area contributed by atoms with Crippen LogP contribution >= 0.6 is 0 Å². The molecule has 0 aromatic heterocycles. The molecular weight excluding hydrogens is 232 g/mol. The summed E-state index contributed by atoms with van der Waals surface area (Å²) in [4.78, 5) is 2.80. The highest BCUT2D eigenvalue weighted by Gasteiger charge is 2.37. The standard InChI is InChI=1S/C17H34N2/c1-16(2,3)18-12-17(4,5)13-19-11-10-14-8-6-7-9-15(14)19/h14-15,18H,6-13H2,1-5H3. The van der Waals surface area contributed by atoms with Crippen LogP contribution in [-0.2, 0) is 0 Å². The lowest BCUT2D eigenvalue weighted by atomic mass is 9.84. The van der Waals surface area contributed by atoms with Crippen molar-refractivity contribution in [2.45, 2.75) is 78.3 Å². The Hall–Kier alpha value is -0.0800. The van der Waals surface area contributed by atoms with Crippen molar-refractivity contribution >= 4 is 0 Å². The van der Waals surface area contributed by atoms with E-state index in [0.29, 0.717) is 5.41 Å². The molecule has 2 rings (SSSR count). The molecule has 2 fully saturated rings. The molecule has 2 atom stereocenters. The maximum absolute atomic E-state index is 3.68. The molecule has 1 aliphatic heterocycles. The lowest BCUT2D eigenvalue weighted by Gasteiger charge is -2.38. The zero-order chi connectivity index (χ0) is 14.1. The molecule has 2 heteroatoms. The molecule has 1 N–H and O–H groups in total. The van der Waals surface area contributed by atoms with Crippen LogP contribution in [0.2, 0.25) is 0 Å². The van der Waals surface area contributed by atoms with Gasteiger partial charge in [-0.3, -0.25) is 4.90 Å². The lowest BCUT2D eigenvalue weighted by Crippen LogP contribution is -2.48. The second-order valence-corrected chi connectivity index (χ2v) is 8.64. The van der Waals surface area contributed by atoms with Crippen LogP contribution in [-0.4, -0.2) is 36.1 Å². The van der Waals surface area contributed by atoms with Crippen molar-refractivity contribution in [3.05, 3.63) is 0 Å². The first-order chi connectivity index (χ1) is 8.77. The van der Waals surface area contributed by atoms with Crippen molar-refractivity contribution in [1.29, 1.82) is 0 Å². The van der Waals surface area contributed by atoms with Crippen LogP contribution in [0, 0.1) is 11.3 Å². The van der Waals surface area contributed by atoms with Crippen molar-refractivity contribution in [2.75, 3.05) is 19.6 Å². The minimum absolute atomic E-state index is 0.232. The van der Waals surface area contributed by atoms with Gasteiger partial charge in [-0.15, -0.1) is 0 Å². The van der Waals surface area contributed by atoms with Crippen LogP contribution in [0.5, 0.6) is 0 Å². The summed E-state index contributed by atoms with van der Waals surface area (Å²) in [6, 6.07) is 0.905. The van der Waals surface area contributed by atoms with Gasteiger partial charge in [0.1, 0.15) is 0 Å². The third-order valence-electron chi connectivity index (χ3n) is 4.85. The topological polar surface area (TPSA) is 15.3 Å². The average molecular weight is 266 g/mol. The second kappa shape index (κ2) is 5.73. The first-order valence-electron chi connectivity index (χ1n) is 8.26. The van der Waals surface area contributed by atoms with Gasteiger partial charge in [0, 0.05) is 24.7 Å². The number of likely N-dealkylation sites (tertiary alicyclic amines) is 1. The van der Waals surface area contributed by atoms with Crippen LogP contribution in [0.25, 0.3) is 0 Å². The summed E-state index contributed by atoms with van der Waals surface area (Å²) in [5.41, 5.74) is 0.606. The fraction of sp³-hybridized carbons (Fsp3) is 1.00. The number of nitrogens with zero attached hydrogens (tertiary/aromatic N) is 1. The number of hydrogen-bond acceptors (Lipinski definition) is 2. The van der Waals surface area contributed by atoms with Gasteiger partial charge in [-0.1, -0.05) is 26.7 Å². The van der Waals surface area contributed by atoms with E-state index in [1.54, 1.807) is 0 Å². The van der Waals surface area contributed by atoms with E-state index < -0.39 is 0 Å². The van der Waals surface area contributed by atoms with Crippen LogP contribution < -0.4 is 5.32 Å². The highest BCUT2D eigenvalue weighted by Crippen LogP contribution is 2.37. The lowest BCUT2D eigenvalue weighted by molar-refractivity contribution is 0.122. The molecule has 2 unspecified atom stereocenters. The number of nitrogens with one attached hydrogen (secondary N) is 1. The fourth-order valence-corrected chi connectivity index (χ4v) is 3.81. The Kier molecular flexibility index (Phi) is 4.62. The molecule has 0 aromatic carbocycles. The molecule has 1 saturated heterocycles. The van der Waals surface area contributed by atoms with E-state index in [-0.39, 0.29) is 5.54 Å². The zero-order valence-corrected chi connectivity index (χ0v) is 13.8. The third kappa shape index (κ3) is 4.46. The summed E-state index contributed by atoms with van der Waals surface area (Å²) in [6.45, 7) is 15.3. The van der Waals surface area contributed by atoms with Gasteiger partial charge in [0.2, 0.25) is 0 Å². The Balaban J connectivity index is 1.85. The van der Waals surface area contributed by atoms with E-state index in [4.69, 9.17) is 0 Å². The van der Waals surface area contributed by atoms with E-state index >= 15 is 0 Å². The van der Waals surface area contributed by atoms with Crippen LogP contribution in [0.4, 0.5) is 0 Å². The van der Waals surface area contributed by atoms with Crippen molar-refractivity contribution in [3.8, 4) is 0 Å². The SMILES string of the molecule is CC(C)(CNC(C)(C)C)CN1CCC2CCCCC21. The van der Waals surface area contributed by atoms with Crippen LogP contribution in [0.15, 0.2) is 0 Å². The van der Waals surface area contributed by atoms with E-state index in [2.05, 4.69) is 44.8 Å². The van der Waals surface area contributed by atoms with Crippen LogP contribution in [0.3, 0.4) is 0 Å². The summed E-state index contributed by atoms with van der Waals surface area (Å²) >= 11 is 0. The number of hydrogen-bond donors (Lipinski definition) is 1. The van der Waals surface area contributed by atoms with Crippen LogP contribution in [0.1, 0.15) is 66.7 Å². The van der Waals surface area contributed by atoms with E-state index in [9.17, 15) is 0 Å². The average Bonchev–Trinajstić information content (AvgIpc) is 2.69. The smallest absolute Gasteiger partial charge is 0.0124 e. The van der Waals surface area contributed by atoms with Gasteiger partial charge in [0.05, 0.1) is 0 Å². The largest absolute Gasteiger partial charge is 0.311 e. The first kappa shape index (κ1) is 15.3. The fourth-order valence-electron chi connectivity index (χ4n) is 3.81. The molecule has 0 amide bonds. The second-order valence-electron chi connectivity index (χ2n) is 8.64. The van der Waals surface area contributed by atoms with E-state index in [0.717, 1.165) is 18.5 Å². The highest BCUT2D eigenvalue weighted by atomic mass is 15.2. The molecule has 0 radical (unpaired) electrons. The summed E-state index contributed by atoms with van der Waals surface area (Å²) in [6.07, 6.45) is 7.32. The monoisotopic (exact) mass is 266 g/mol. The minimum Gasteiger partial charge on any atom is -0.311 e. The molecule has 0 aromatic rings. The minimum atomic E-state index is 0.232. The van der Waals surface area contributed by atoms with Crippen molar-refractivity contribution in [3.63, 3.8) is 0 Å². The van der Waals surface area contributed by atoms with Gasteiger partial charge < -0.3 is 5.32 Å². The number of fused-ring (bicyclic) bond motifs is 1. The Morgan fingerprint density at radius 3 is 2.37 bits per heavy atom. The zero-order valence-electron chi connectivity index (χ0n) is 13.8. The van der Waals surface area contributed by atoms with E-state index in [1.165, 1.54) is 45.2 Å². The third-order valence-corrected chi connectivity index (χ3v) is 4.85. The molecule has 1 saturated carbocycles. The van der Waals surface area contributed by atoms with E-state index in [1.807, 2.05) is 0 Å². The molecule has 2 nitrogen and oxygen atoms in total. The number of rotatable bonds is 4. The van der Waals surface area contributed by atoms with Gasteiger partial charge in [0.25, 0.3) is 0 Å². The van der Waals surface area contributed by atoms with Crippen molar-refractivity contribution in [2.24, 2.45) is 11.3 Å². The molecule has 1 heterocycles. The van der Waals surface area contributed by atoms with Gasteiger partial charge in [-0.2, -0.15) is 0 Å². The maximum atomic E-state index is 3.68.